The summed E-state index contributed by atoms with van der Waals surface area (Å²) in [6, 6.07) is 7.34. The van der Waals surface area contributed by atoms with Gasteiger partial charge in [-0.15, -0.1) is 0 Å². The molecule has 0 saturated heterocycles. The number of aryl methyl sites for hydroxylation is 1. The summed E-state index contributed by atoms with van der Waals surface area (Å²) < 4.78 is 0. The van der Waals surface area contributed by atoms with E-state index in [1.165, 1.54) is 0 Å². The molecule has 4 heteroatoms. The first-order chi connectivity index (χ1) is 9.68. The number of carboxylic acid groups (broad SMARTS) is 1. The van der Waals surface area contributed by atoms with Gasteiger partial charge in [-0.3, -0.25) is 9.59 Å². The van der Waals surface area contributed by atoms with Gasteiger partial charge in [0.25, 0.3) is 0 Å². The molecule has 0 aliphatic rings. The van der Waals surface area contributed by atoms with Gasteiger partial charge in [0.2, 0.25) is 5.91 Å². The number of hydrogen-bond donors (Lipinski definition) is 2. The summed E-state index contributed by atoms with van der Waals surface area (Å²) in [7, 11) is 0. The van der Waals surface area contributed by atoms with Gasteiger partial charge in [-0.1, -0.05) is 39.8 Å². The molecule has 0 spiro atoms. The standard InChI is InChI=1S/C17H25NO3/c1-12(17(2,3)4)11-15(19)18-14-8-5-13(6-9-14)7-10-16(20)21/h5-6,8-9,12H,7,10-11H2,1-4H3,(H,18,19)(H,20,21). The number of aliphatic carboxylic acids is 1. The highest BCUT2D eigenvalue weighted by atomic mass is 16.4. The van der Waals surface area contributed by atoms with Crippen LogP contribution in [-0.4, -0.2) is 17.0 Å². The molecular weight excluding hydrogens is 266 g/mol. The molecule has 1 rings (SSSR count). The van der Waals surface area contributed by atoms with E-state index in [0.29, 0.717) is 18.8 Å². The molecule has 1 amide bonds. The van der Waals surface area contributed by atoms with Crippen LogP contribution in [0.4, 0.5) is 5.69 Å². The van der Waals surface area contributed by atoms with Crippen LogP contribution in [-0.2, 0) is 16.0 Å². The molecule has 0 aromatic heterocycles. The number of carboxylic acids is 1. The molecule has 2 N–H and O–H groups in total. The molecule has 0 radical (unpaired) electrons. The van der Waals surface area contributed by atoms with E-state index >= 15 is 0 Å². The van der Waals surface area contributed by atoms with Crippen LogP contribution in [0.15, 0.2) is 24.3 Å². The Morgan fingerprint density at radius 2 is 1.76 bits per heavy atom. The first-order valence-electron chi connectivity index (χ1n) is 7.29. The molecule has 1 atom stereocenters. The van der Waals surface area contributed by atoms with Gasteiger partial charge in [0.1, 0.15) is 0 Å². The lowest BCUT2D eigenvalue weighted by molar-refractivity contribution is -0.137. The average molecular weight is 291 g/mol. The summed E-state index contributed by atoms with van der Waals surface area (Å²) in [5.41, 5.74) is 1.82. The molecule has 0 bridgehead atoms. The molecule has 1 aromatic carbocycles. The van der Waals surface area contributed by atoms with E-state index in [1.54, 1.807) is 0 Å². The minimum atomic E-state index is -0.802. The van der Waals surface area contributed by atoms with Crippen molar-refractivity contribution < 1.29 is 14.7 Å². The molecule has 4 nitrogen and oxygen atoms in total. The summed E-state index contributed by atoms with van der Waals surface area (Å²) >= 11 is 0. The Labute approximate surface area is 126 Å². The van der Waals surface area contributed by atoms with E-state index in [9.17, 15) is 9.59 Å². The number of rotatable bonds is 6. The van der Waals surface area contributed by atoms with Crippen LogP contribution in [0.1, 0.15) is 46.1 Å². The number of nitrogens with one attached hydrogen (secondary N) is 1. The summed E-state index contributed by atoms with van der Waals surface area (Å²) in [6.07, 6.45) is 1.11. The first-order valence-corrected chi connectivity index (χ1v) is 7.29. The number of anilines is 1. The van der Waals surface area contributed by atoms with Crippen LogP contribution >= 0.6 is 0 Å². The van der Waals surface area contributed by atoms with Crippen LogP contribution in [0.25, 0.3) is 0 Å². The zero-order valence-corrected chi connectivity index (χ0v) is 13.3. The largest absolute Gasteiger partial charge is 0.481 e. The van der Waals surface area contributed by atoms with Crippen molar-refractivity contribution in [3.63, 3.8) is 0 Å². The second kappa shape index (κ2) is 7.25. The molecule has 0 saturated carbocycles. The van der Waals surface area contributed by atoms with Gasteiger partial charge in [-0.2, -0.15) is 0 Å². The molecule has 1 unspecified atom stereocenters. The fraction of sp³-hybridized carbons (Fsp3) is 0.529. The van der Waals surface area contributed by atoms with E-state index in [2.05, 4.69) is 33.0 Å². The quantitative estimate of drug-likeness (QED) is 0.839. The van der Waals surface area contributed by atoms with Gasteiger partial charge < -0.3 is 10.4 Å². The van der Waals surface area contributed by atoms with Gasteiger partial charge in [0.15, 0.2) is 0 Å². The summed E-state index contributed by atoms with van der Waals surface area (Å²) in [4.78, 5) is 22.5. The van der Waals surface area contributed by atoms with Gasteiger partial charge in [0.05, 0.1) is 0 Å². The Hall–Kier alpha value is -1.84. The van der Waals surface area contributed by atoms with Crippen LogP contribution in [0.3, 0.4) is 0 Å². The SMILES string of the molecule is CC(CC(=O)Nc1ccc(CCC(=O)O)cc1)C(C)(C)C. The number of benzene rings is 1. The molecule has 0 fully saturated rings. The maximum absolute atomic E-state index is 12.0. The second-order valence-corrected chi connectivity index (χ2v) is 6.61. The Morgan fingerprint density at radius 3 is 2.24 bits per heavy atom. The average Bonchev–Trinajstić information content (AvgIpc) is 2.36. The monoisotopic (exact) mass is 291 g/mol. The van der Waals surface area contributed by atoms with E-state index in [0.717, 1.165) is 11.3 Å². The van der Waals surface area contributed by atoms with E-state index in [4.69, 9.17) is 5.11 Å². The summed E-state index contributed by atoms with van der Waals surface area (Å²) in [6.45, 7) is 8.46. The van der Waals surface area contributed by atoms with Crippen molar-refractivity contribution in [2.24, 2.45) is 11.3 Å². The molecular formula is C17H25NO3. The van der Waals surface area contributed by atoms with Crippen molar-refractivity contribution in [2.45, 2.75) is 47.0 Å². The third-order valence-corrected chi connectivity index (χ3v) is 3.84. The van der Waals surface area contributed by atoms with Gasteiger partial charge in [-0.05, 0) is 35.4 Å². The predicted octanol–water partition coefficient (Wildman–Crippen LogP) is 3.71. The number of hydrogen-bond acceptors (Lipinski definition) is 2. The zero-order chi connectivity index (χ0) is 16.0. The normalized spacial score (nSPS) is 12.8. The fourth-order valence-corrected chi connectivity index (χ4v) is 1.80. The molecule has 0 aliphatic heterocycles. The lowest BCUT2D eigenvalue weighted by Crippen LogP contribution is -2.23. The molecule has 0 heterocycles. The Kier molecular flexibility index (Phi) is 5.94. The van der Waals surface area contributed by atoms with Crippen molar-refractivity contribution in [1.29, 1.82) is 0 Å². The van der Waals surface area contributed by atoms with E-state index in [1.807, 2.05) is 24.3 Å². The maximum Gasteiger partial charge on any atom is 0.303 e. The van der Waals surface area contributed by atoms with Crippen LogP contribution in [0.5, 0.6) is 0 Å². The van der Waals surface area contributed by atoms with Crippen LogP contribution < -0.4 is 5.32 Å². The Balaban J connectivity index is 2.52. The molecule has 116 valence electrons. The fourth-order valence-electron chi connectivity index (χ4n) is 1.80. The number of amides is 1. The summed E-state index contributed by atoms with van der Waals surface area (Å²) in [5.74, 6) is -0.494. The third kappa shape index (κ3) is 6.43. The molecule has 0 aliphatic carbocycles. The Bertz CT molecular complexity index is 486. The lowest BCUT2D eigenvalue weighted by atomic mass is 9.80. The molecule has 1 aromatic rings. The highest BCUT2D eigenvalue weighted by Gasteiger charge is 2.22. The van der Waals surface area contributed by atoms with Gasteiger partial charge in [0, 0.05) is 18.5 Å². The van der Waals surface area contributed by atoms with E-state index < -0.39 is 5.97 Å². The first kappa shape index (κ1) is 17.2. The predicted molar refractivity (Wildman–Crippen MR) is 84.3 cm³/mol. The smallest absolute Gasteiger partial charge is 0.303 e. The topological polar surface area (TPSA) is 66.4 Å². The second-order valence-electron chi connectivity index (χ2n) is 6.61. The van der Waals surface area contributed by atoms with Crippen molar-refractivity contribution in [3.05, 3.63) is 29.8 Å². The lowest BCUT2D eigenvalue weighted by Gasteiger charge is -2.26. The van der Waals surface area contributed by atoms with Gasteiger partial charge >= 0.3 is 5.97 Å². The minimum Gasteiger partial charge on any atom is -0.481 e. The van der Waals surface area contributed by atoms with Gasteiger partial charge in [-0.25, -0.2) is 0 Å². The Morgan fingerprint density at radius 1 is 1.19 bits per heavy atom. The van der Waals surface area contributed by atoms with Crippen LogP contribution in [0.2, 0.25) is 0 Å². The van der Waals surface area contributed by atoms with Crippen molar-refractivity contribution >= 4 is 17.6 Å². The number of carbonyl (C=O) groups is 2. The van der Waals surface area contributed by atoms with E-state index in [-0.39, 0.29) is 17.7 Å². The zero-order valence-electron chi connectivity index (χ0n) is 13.3. The van der Waals surface area contributed by atoms with Crippen molar-refractivity contribution in [1.82, 2.24) is 0 Å². The van der Waals surface area contributed by atoms with Crippen molar-refractivity contribution in [2.75, 3.05) is 5.32 Å². The highest BCUT2D eigenvalue weighted by molar-refractivity contribution is 5.90. The van der Waals surface area contributed by atoms with Crippen LogP contribution in [0, 0.1) is 11.3 Å². The number of carbonyl (C=O) groups excluding carboxylic acids is 1. The molecule has 21 heavy (non-hydrogen) atoms. The highest BCUT2D eigenvalue weighted by Crippen LogP contribution is 2.28. The summed E-state index contributed by atoms with van der Waals surface area (Å²) in [5, 5.41) is 11.5. The maximum atomic E-state index is 12.0. The minimum absolute atomic E-state index is 0.00992. The van der Waals surface area contributed by atoms with Crippen molar-refractivity contribution in [3.8, 4) is 0 Å². The third-order valence-electron chi connectivity index (χ3n) is 3.84.